The molecule has 0 bridgehead atoms. The van der Waals surface area contributed by atoms with Crippen LogP contribution in [0.2, 0.25) is 0 Å². The van der Waals surface area contributed by atoms with E-state index < -0.39 is 52.2 Å². The lowest BCUT2D eigenvalue weighted by molar-refractivity contribution is -0.148. The van der Waals surface area contributed by atoms with Crippen molar-refractivity contribution in [1.29, 1.82) is 0 Å². The van der Waals surface area contributed by atoms with E-state index >= 15 is 0 Å². The molecule has 30 heavy (non-hydrogen) atoms. The van der Waals surface area contributed by atoms with Gasteiger partial charge >= 0.3 is 17.8 Å². The molecule has 0 saturated carbocycles. The third kappa shape index (κ3) is 4.25. The van der Waals surface area contributed by atoms with Crippen LogP contribution in [0.15, 0.2) is 46.5 Å². The quantitative estimate of drug-likeness (QED) is 0.505. The third-order valence-corrected chi connectivity index (χ3v) is 5.03. The molecule has 2 atom stereocenters. The van der Waals surface area contributed by atoms with Gasteiger partial charge in [0.05, 0.1) is 11.1 Å². The Labute approximate surface area is 172 Å². The number of carboxylic acids is 1. The van der Waals surface area contributed by atoms with Crippen LogP contribution in [0, 0.1) is 5.41 Å². The van der Waals surface area contributed by atoms with Gasteiger partial charge in [0.15, 0.2) is 0 Å². The predicted octanol–water partition coefficient (Wildman–Crippen LogP) is 1.35. The lowest BCUT2D eigenvalue weighted by Crippen LogP contribution is -2.46. The van der Waals surface area contributed by atoms with Gasteiger partial charge in [0.1, 0.15) is 11.1 Å². The average Bonchev–Trinajstić information content (AvgIpc) is 2.64. The van der Waals surface area contributed by atoms with Crippen LogP contribution in [0.25, 0.3) is 5.70 Å². The minimum absolute atomic E-state index is 0.0623. The van der Waals surface area contributed by atoms with Crippen molar-refractivity contribution in [2.45, 2.75) is 18.0 Å². The van der Waals surface area contributed by atoms with Crippen LogP contribution in [0.1, 0.15) is 12.1 Å². The van der Waals surface area contributed by atoms with Crippen molar-refractivity contribution >= 4 is 29.2 Å². The van der Waals surface area contributed by atoms with Crippen molar-refractivity contribution in [3.8, 4) is 0 Å². The van der Waals surface area contributed by atoms with Gasteiger partial charge in [0, 0.05) is 26.1 Å². The number of carboxylic acid groups (broad SMARTS) is 1. The van der Waals surface area contributed by atoms with Gasteiger partial charge in [-0.1, -0.05) is 12.2 Å². The molecule has 8 nitrogen and oxygen atoms in total. The van der Waals surface area contributed by atoms with Crippen LogP contribution in [0.3, 0.4) is 0 Å². The van der Waals surface area contributed by atoms with Crippen molar-refractivity contribution in [1.82, 2.24) is 14.5 Å². The molecule has 1 aromatic rings. The Kier molecular flexibility index (Phi) is 6.45. The number of hydrogen-bond acceptors (Lipinski definition) is 4. The average molecular weight is 448 g/mol. The van der Waals surface area contributed by atoms with Crippen molar-refractivity contribution in [3.05, 3.63) is 63.5 Å². The number of amides is 1. The number of alkyl halides is 4. The third-order valence-electron chi connectivity index (χ3n) is 4.50. The smallest absolute Gasteiger partial charge is 0.431 e. The standard InChI is InChI=1S/C18H17ClF3N3O5/c1-3-6-23-13(26)9-17(15(28)29)8-10(4-5-11(17)19)25-14(27)7-12(18(20,21)22)24(2)16(25)30/h3-5,7-8,11H,1,6,9H2,2H3,(H,23,26)(H,28,29). The summed E-state index contributed by atoms with van der Waals surface area (Å²) >= 11 is 6.13. The van der Waals surface area contributed by atoms with Crippen LogP contribution < -0.4 is 16.6 Å². The summed E-state index contributed by atoms with van der Waals surface area (Å²) in [7, 11) is 0.825. The molecule has 0 spiro atoms. The molecular formula is C18H17ClF3N3O5. The first-order chi connectivity index (χ1) is 13.8. The largest absolute Gasteiger partial charge is 0.481 e. The lowest BCUT2D eigenvalue weighted by atomic mass is 9.77. The zero-order chi connectivity index (χ0) is 22.9. The Balaban J connectivity index is 2.66. The molecule has 1 aliphatic carbocycles. The zero-order valence-corrected chi connectivity index (χ0v) is 16.3. The Morgan fingerprint density at radius 3 is 2.57 bits per heavy atom. The predicted molar refractivity (Wildman–Crippen MR) is 102 cm³/mol. The van der Waals surface area contributed by atoms with Gasteiger partial charge in [-0.05, 0) is 12.2 Å². The molecule has 0 aromatic carbocycles. The van der Waals surface area contributed by atoms with Crippen molar-refractivity contribution in [2.75, 3.05) is 6.54 Å². The number of carbonyl (C=O) groups is 2. The van der Waals surface area contributed by atoms with Crippen molar-refractivity contribution in [2.24, 2.45) is 12.5 Å². The molecule has 0 saturated heterocycles. The first-order valence-corrected chi connectivity index (χ1v) is 8.85. The van der Waals surface area contributed by atoms with E-state index in [1.165, 1.54) is 6.08 Å². The van der Waals surface area contributed by atoms with E-state index in [0.29, 0.717) is 4.57 Å². The number of hydrogen-bond donors (Lipinski definition) is 2. The fraction of sp³-hybridized carbons (Fsp3) is 0.333. The molecule has 0 radical (unpaired) electrons. The number of allylic oxidation sites excluding steroid dienone is 3. The maximum absolute atomic E-state index is 13.0. The maximum Gasteiger partial charge on any atom is 0.431 e. The van der Waals surface area contributed by atoms with Gasteiger partial charge in [0.25, 0.3) is 5.56 Å². The molecule has 1 amide bonds. The summed E-state index contributed by atoms with van der Waals surface area (Å²) in [6.07, 6.45) is -1.01. The van der Waals surface area contributed by atoms with E-state index in [1.54, 1.807) is 0 Å². The summed E-state index contributed by atoms with van der Waals surface area (Å²) in [5, 5.41) is 10.9. The lowest BCUT2D eigenvalue weighted by Gasteiger charge is -2.32. The summed E-state index contributed by atoms with van der Waals surface area (Å²) in [6, 6.07) is 0.224. The van der Waals surface area contributed by atoms with Crippen molar-refractivity contribution in [3.63, 3.8) is 0 Å². The summed E-state index contributed by atoms with van der Waals surface area (Å²) in [5.74, 6) is -2.21. The van der Waals surface area contributed by atoms with Gasteiger partial charge in [-0.2, -0.15) is 13.2 Å². The first-order valence-electron chi connectivity index (χ1n) is 8.42. The van der Waals surface area contributed by atoms with E-state index in [9.17, 15) is 37.5 Å². The summed E-state index contributed by atoms with van der Waals surface area (Å²) in [5.41, 5.74) is -6.48. The second-order valence-electron chi connectivity index (χ2n) is 6.49. The van der Waals surface area contributed by atoms with Crippen LogP contribution in [0.4, 0.5) is 13.2 Å². The Morgan fingerprint density at radius 2 is 2.03 bits per heavy atom. The first kappa shape index (κ1) is 23.2. The Bertz CT molecular complexity index is 1070. The van der Waals surface area contributed by atoms with Gasteiger partial charge < -0.3 is 10.4 Å². The minimum atomic E-state index is -4.95. The highest BCUT2D eigenvalue weighted by molar-refractivity contribution is 6.24. The number of nitrogens with one attached hydrogen (secondary N) is 1. The highest BCUT2D eigenvalue weighted by atomic mass is 35.5. The SMILES string of the molecule is C=CCNC(=O)CC1(C(=O)O)C=C(n2c(=O)cc(C(F)(F)F)n(C)c2=O)C=CC1Cl. The Morgan fingerprint density at radius 1 is 1.40 bits per heavy atom. The molecule has 162 valence electrons. The van der Waals surface area contributed by atoms with Crippen LogP contribution >= 0.6 is 11.6 Å². The number of aromatic nitrogens is 2. The van der Waals surface area contributed by atoms with E-state index in [1.807, 2.05) is 0 Å². The molecule has 1 aliphatic rings. The van der Waals surface area contributed by atoms with E-state index in [-0.39, 0.29) is 22.9 Å². The normalized spacial score (nSPS) is 21.1. The number of aliphatic carboxylic acids is 1. The second kappa shape index (κ2) is 8.34. The fourth-order valence-corrected chi connectivity index (χ4v) is 3.25. The van der Waals surface area contributed by atoms with Crippen LogP contribution in [0.5, 0.6) is 0 Å². The van der Waals surface area contributed by atoms with Gasteiger partial charge in [-0.25, -0.2) is 9.36 Å². The topological polar surface area (TPSA) is 110 Å². The van der Waals surface area contributed by atoms with Gasteiger partial charge in [-0.3, -0.25) is 19.0 Å². The van der Waals surface area contributed by atoms with Crippen LogP contribution in [-0.4, -0.2) is 38.0 Å². The van der Waals surface area contributed by atoms with Crippen molar-refractivity contribution < 1.29 is 27.9 Å². The van der Waals surface area contributed by atoms with E-state index in [4.69, 9.17) is 11.6 Å². The maximum atomic E-state index is 13.0. The summed E-state index contributed by atoms with van der Waals surface area (Å²) < 4.78 is 39.7. The number of halogens is 4. The molecule has 1 aromatic heterocycles. The number of nitrogens with zero attached hydrogens (tertiary/aromatic N) is 2. The summed E-state index contributed by atoms with van der Waals surface area (Å²) in [4.78, 5) is 48.9. The fourth-order valence-electron chi connectivity index (χ4n) is 2.94. The monoisotopic (exact) mass is 447 g/mol. The molecule has 12 heteroatoms. The zero-order valence-electron chi connectivity index (χ0n) is 15.6. The number of carbonyl (C=O) groups excluding carboxylic acids is 1. The number of rotatable bonds is 6. The van der Waals surface area contributed by atoms with E-state index in [0.717, 1.165) is 25.3 Å². The van der Waals surface area contributed by atoms with Gasteiger partial charge in [-0.15, -0.1) is 18.2 Å². The molecule has 2 rings (SSSR count). The minimum Gasteiger partial charge on any atom is -0.481 e. The molecular weight excluding hydrogens is 431 g/mol. The molecule has 1 heterocycles. The molecule has 2 unspecified atom stereocenters. The highest BCUT2D eigenvalue weighted by Gasteiger charge is 2.46. The highest BCUT2D eigenvalue weighted by Crippen LogP contribution is 2.39. The van der Waals surface area contributed by atoms with E-state index in [2.05, 4.69) is 11.9 Å². The molecule has 0 aliphatic heterocycles. The van der Waals surface area contributed by atoms with Gasteiger partial charge in [0.2, 0.25) is 5.91 Å². The molecule has 2 N–H and O–H groups in total. The second-order valence-corrected chi connectivity index (χ2v) is 6.96. The molecule has 0 fully saturated rings. The Hall–Kier alpha value is -3.08. The summed E-state index contributed by atoms with van der Waals surface area (Å²) in [6.45, 7) is 3.48. The van der Waals surface area contributed by atoms with Crippen LogP contribution in [-0.2, 0) is 22.8 Å².